The molecule has 0 unspecified atom stereocenters. The lowest BCUT2D eigenvalue weighted by molar-refractivity contribution is 0.396. The molecule has 2 nitrogen and oxygen atoms in total. The molecule has 1 heterocycles. The van der Waals surface area contributed by atoms with Gasteiger partial charge in [0.15, 0.2) is 0 Å². The van der Waals surface area contributed by atoms with Crippen LogP contribution in [0.4, 0.5) is 0 Å². The van der Waals surface area contributed by atoms with E-state index in [1.54, 1.807) is 25.4 Å². The van der Waals surface area contributed by atoms with Gasteiger partial charge in [0.05, 0.1) is 12.7 Å². The molecule has 1 aromatic heterocycles. The lowest BCUT2D eigenvalue weighted by atomic mass is 10.3. The fourth-order valence-corrected chi connectivity index (χ4v) is 0.663. The third kappa shape index (κ3) is 1.08. The van der Waals surface area contributed by atoms with Crippen LogP contribution in [0.15, 0.2) is 18.3 Å². The molecule has 0 aromatic carbocycles. The highest BCUT2D eigenvalue weighted by Gasteiger charge is 1.96. The molecule has 0 atom stereocenters. The maximum Gasteiger partial charge on any atom is 0.229 e. The molecular weight excluding hydrogens is 126 g/mol. The van der Waals surface area contributed by atoms with Crippen molar-refractivity contribution in [1.29, 1.82) is 0 Å². The summed E-state index contributed by atoms with van der Waals surface area (Å²) in [5.74, 6) is 2.96. The van der Waals surface area contributed by atoms with Crippen LogP contribution in [0.5, 0.6) is 5.88 Å². The molecule has 0 bridgehead atoms. The van der Waals surface area contributed by atoms with Gasteiger partial charge in [-0.3, -0.25) is 0 Å². The van der Waals surface area contributed by atoms with Gasteiger partial charge in [-0.1, -0.05) is 5.92 Å². The number of ether oxygens (including phenoxy) is 1. The third-order valence-electron chi connectivity index (χ3n) is 1.12. The quantitative estimate of drug-likeness (QED) is 0.534. The molecule has 0 amide bonds. The van der Waals surface area contributed by atoms with Crippen LogP contribution >= 0.6 is 0 Å². The Morgan fingerprint density at radius 3 is 3.00 bits per heavy atom. The first-order valence-corrected chi connectivity index (χ1v) is 2.84. The molecule has 0 aliphatic rings. The van der Waals surface area contributed by atoms with E-state index in [-0.39, 0.29) is 0 Å². The summed E-state index contributed by atoms with van der Waals surface area (Å²) in [5.41, 5.74) is 0.685. The van der Waals surface area contributed by atoms with Crippen LogP contribution in [-0.2, 0) is 0 Å². The molecule has 50 valence electrons. The van der Waals surface area contributed by atoms with E-state index in [2.05, 4.69) is 10.9 Å². The van der Waals surface area contributed by atoms with E-state index in [1.807, 2.05) is 0 Å². The lowest BCUT2D eigenvalue weighted by Crippen LogP contribution is -1.89. The fourth-order valence-electron chi connectivity index (χ4n) is 0.663. The van der Waals surface area contributed by atoms with Gasteiger partial charge in [0.1, 0.15) is 0 Å². The Balaban J connectivity index is 3.12. The summed E-state index contributed by atoms with van der Waals surface area (Å²) >= 11 is 0. The fraction of sp³-hybridized carbons (Fsp3) is 0.125. The standard InChI is InChI=1S/C8H7NO/c1-3-7-5-4-6-9-8(7)10-2/h1,4-6H,2H3. The van der Waals surface area contributed by atoms with E-state index in [4.69, 9.17) is 11.2 Å². The zero-order chi connectivity index (χ0) is 7.40. The summed E-state index contributed by atoms with van der Waals surface area (Å²) in [6.07, 6.45) is 6.79. The number of hydrogen-bond donors (Lipinski definition) is 0. The largest absolute Gasteiger partial charge is 0.480 e. The molecule has 0 aliphatic heterocycles. The van der Waals surface area contributed by atoms with Gasteiger partial charge in [-0.05, 0) is 12.1 Å². The van der Waals surface area contributed by atoms with Crippen LogP contribution in [0.1, 0.15) is 5.56 Å². The summed E-state index contributed by atoms with van der Waals surface area (Å²) < 4.78 is 4.88. The van der Waals surface area contributed by atoms with Crippen molar-refractivity contribution in [2.75, 3.05) is 7.11 Å². The monoisotopic (exact) mass is 133 g/mol. The molecule has 0 N–H and O–H groups in total. The Morgan fingerprint density at radius 2 is 2.50 bits per heavy atom. The second kappa shape index (κ2) is 2.88. The highest BCUT2D eigenvalue weighted by molar-refractivity contribution is 5.39. The van der Waals surface area contributed by atoms with Gasteiger partial charge in [0, 0.05) is 6.20 Å². The van der Waals surface area contributed by atoms with Crippen molar-refractivity contribution in [1.82, 2.24) is 4.98 Å². The molecule has 0 radical (unpaired) electrons. The molecule has 0 fully saturated rings. The number of methoxy groups -OCH3 is 1. The molecular formula is C8H7NO. The summed E-state index contributed by atoms with van der Waals surface area (Å²) in [4.78, 5) is 3.90. The first kappa shape index (κ1) is 6.63. The number of aromatic nitrogens is 1. The number of pyridine rings is 1. The number of terminal acetylenes is 1. The van der Waals surface area contributed by atoms with E-state index in [0.717, 1.165) is 0 Å². The van der Waals surface area contributed by atoms with Gasteiger partial charge in [0.25, 0.3) is 0 Å². The van der Waals surface area contributed by atoms with Gasteiger partial charge in [0.2, 0.25) is 5.88 Å². The van der Waals surface area contributed by atoms with Gasteiger partial charge in [-0.25, -0.2) is 4.98 Å². The predicted octanol–water partition coefficient (Wildman–Crippen LogP) is 1.07. The number of nitrogens with zero attached hydrogens (tertiary/aromatic N) is 1. The topological polar surface area (TPSA) is 22.1 Å². The van der Waals surface area contributed by atoms with Crippen LogP contribution in [0.2, 0.25) is 0 Å². The summed E-state index contributed by atoms with van der Waals surface area (Å²) in [6.45, 7) is 0. The van der Waals surface area contributed by atoms with Crippen molar-refractivity contribution in [3.05, 3.63) is 23.9 Å². The van der Waals surface area contributed by atoms with Crippen LogP contribution in [0, 0.1) is 12.3 Å². The van der Waals surface area contributed by atoms with Crippen molar-refractivity contribution >= 4 is 0 Å². The normalized spacial score (nSPS) is 8.40. The van der Waals surface area contributed by atoms with Crippen molar-refractivity contribution < 1.29 is 4.74 Å². The van der Waals surface area contributed by atoms with Crippen molar-refractivity contribution in [3.8, 4) is 18.2 Å². The average Bonchev–Trinajstić information content (AvgIpc) is 2.04. The van der Waals surface area contributed by atoms with E-state index in [0.29, 0.717) is 11.4 Å². The third-order valence-corrected chi connectivity index (χ3v) is 1.12. The zero-order valence-corrected chi connectivity index (χ0v) is 5.66. The van der Waals surface area contributed by atoms with Crippen molar-refractivity contribution in [3.63, 3.8) is 0 Å². The SMILES string of the molecule is C#Cc1cccnc1OC. The second-order valence-electron chi connectivity index (χ2n) is 1.70. The van der Waals surface area contributed by atoms with Gasteiger partial charge < -0.3 is 4.74 Å². The van der Waals surface area contributed by atoms with E-state index < -0.39 is 0 Å². The van der Waals surface area contributed by atoms with Gasteiger partial charge >= 0.3 is 0 Å². The lowest BCUT2D eigenvalue weighted by Gasteiger charge is -1.98. The van der Waals surface area contributed by atoms with E-state index in [9.17, 15) is 0 Å². The van der Waals surface area contributed by atoms with Crippen molar-refractivity contribution in [2.45, 2.75) is 0 Å². The van der Waals surface area contributed by atoms with Crippen LogP contribution in [0.3, 0.4) is 0 Å². The maximum atomic E-state index is 5.16. The van der Waals surface area contributed by atoms with Gasteiger partial charge in [-0.2, -0.15) is 0 Å². The second-order valence-corrected chi connectivity index (χ2v) is 1.70. The predicted molar refractivity (Wildman–Crippen MR) is 38.7 cm³/mol. The Hall–Kier alpha value is -1.49. The number of rotatable bonds is 1. The summed E-state index contributed by atoms with van der Waals surface area (Å²) in [5, 5.41) is 0. The molecule has 1 aromatic rings. The summed E-state index contributed by atoms with van der Waals surface area (Å²) in [6, 6.07) is 3.56. The smallest absolute Gasteiger partial charge is 0.229 e. The average molecular weight is 133 g/mol. The Kier molecular flexibility index (Phi) is 1.91. The van der Waals surface area contributed by atoms with Crippen LogP contribution in [-0.4, -0.2) is 12.1 Å². The highest BCUT2D eigenvalue weighted by Crippen LogP contribution is 2.10. The van der Waals surface area contributed by atoms with Gasteiger partial charge in [-0.15, -0.1) is 6.42 Å². The molecule has 0 spiro atoms. The molecule has 0 aliphatic carbocycles. The minimum atomic E-state index is 0.505. The first-order chi connectivity index (χ1) is 4.88. The molecule has 0 saturated heterocycles. The zero-order valence-electron chi connectivity index (χ0n) is 5.66. The molecule has 1 rings (SSSR count). The number of hydrogen-bond acceptors (Lipinski definition) is 2. The highest BCUT2D eigenvalue weighted by atomic mass is 16.5. The Bertz CT molecular complexity index is 262. The van der Waals surface area contributed by atoms with Crippen LogP contribution in [0.25, 0.3) is 0 Å². The van der Waals surface area contributed by atoms with Crippen LogP contribution < -0.4 is 4.74 Å². The molecule has 0 saturated carbocycles. The summed E-state index contributed by atoms with van der Waals surface area (Å²) in [7, 11) is 1.54. The Labute approximate surface area is 59.9 Å². The minimum Gasteiger partial charge on any atom is -0.480 e. The molecule has 2 heteroatoms. The Morgan fingerprint density at radius 1 is 1.70 bits per heavy atom. The van der Waals surface area contributed by atoms with E-state index in [1.165, 1.54) is 0 Å². The van der Waals surface area contributed by atoms with E-state index >= 15 is 0 Å². The van der Waals surface area contributed by atoms with Crippen molar-refractivity contribution in [2.24, 2.45) is 0 Å². The maximum absolute atomic E-state index is 5.16. The molecule has 10 heavy (non-hydrogen) atoms. The first-order valence-electron chi connectivity index (χ1n) is 2.84. The minimum absolute atomic E-state index is 0.505.